The monoisotopic (exact) mass is 244 g/mol. The molecule has 0 amide bonds. The SMILES string of the molecule is CS(=O)(=O)O/C=C\CCOS(C)(=O)=O. The van der Waals surface area contributed by atoms with Crippen LogP contribution in [0.15, 0.2) is 12.3 Å². The Bertz CT molecular complexity index is 377. The van der Waals surface area contributed by atoms with Crippen LogP contribution in [0.3, 0.4) is 0 Å². The zero-order valence-corrected chi connectivity index (χ0v) is 9.47. The molecule has 84 valence electrons. The zero-order chi connectivity index (χ0) is 11.2. The summed E-state index contributed by atoms with van der Waals surface area (Å²) in [4.78, 5) is 0. The van der Waals surface area contributed by atoms with Crippen molar-refractivity contribution in [2.24, 2.45) is 0 Å². The molecule has 0 rings (SSSR count). The maximum Gasteiger partial charge on any atom is 0.305 e. The highest BCUT2D eigenvalue weighted by atomic mass is 32.2. The first-order valence-electron chi connectivity index (χ1n) is 3.58. The normalized spacial score (nSPS) is 13.3. The summed E-state index contributed by atoms with van der Waals surface area (Å²) in [7, 11) is -6.92. The van der Waals surface area contributed by atoms with Crippen LogP contribution in [-0.2, 0) is 28.6 Å². The topological polar surface area (TPSA) is 86.7 Å². The molecule has 0 aliphatic rings. The van der Waals surface area contributed by atoms with E-state index in [0.29, 0.717) is 0 Å². The van der Waals surface area contributed by atoms with Crippen molar-refractivity contribution in [2.45, 2.75) is 6.42 Å². The van der Waals surface area contributed by atoms with Crippen molar-refractivity contribution in [1.82, 2.24) is 0 Å². The Balaban J connectivity index is 3.66. The van der Waals surface area contributed by atoms with E-state index in [1.54, 1.807) is 0 Å². The third-order valence-corrected chi connectivity index (χ3v) is 1.96. The van der Waals surface area contributed by atoms with Gasteiger partial charge in [-0.2, -0.15) is 16.8 Å². The number of rotatable bonds is 6. The molecule has 14 heavy (non-hydrogen) atoms. The smallest absolute Gasteiger partial charge is 0.305 e. The molecule has 0 fully saturated rings. The van der Waals surface area contributed by atoms with Gasteiger partial charge >= 0.3 is 10.1 Å². The molecule has 0 aromatic heterocycles. The van der Waals surface area contributed by atoms with E-state index in [-0.39, 0.29) is 13.0 Å². The average molecular weight is 244 g/mol. The van der Waals surface area contributed by atoms with E-state index in [0.717, 1.165) is 18.8 Å². The lowest BCUT2D eigenvalue weighted by atomic mass is 10.5. The molecule has 0 aromatic carbocycles. The van der Waals surface area contributed by atoms with E-state index >= 15 is 0 Å². The van der Waals surface area contributed by atoms with Gasteiger partial charge in [0.05, 0.1) is 19.1 Å². The lowest BCUT2D eigenvalue weighted by molar-refractivity contribution is 0.327. The molecule has 0 saturated heterocycles. The molecule has 0 aliphatic heterocycles. The first-order chi connectivity index (χ1) is 6.21. The molecule has 8 heteroatoms. The maximum absolute atomic E-state index is 10.4. The summed E-state index contributed by atoms with van der Waals surface area (Å²) in [6.07, 6.45) is 4.42. The maximum atomic E-state index is 10.4. The van der Waals surface area contributed by atoms with Crippen LogP contribution in [0.2, 0.25) is 0 Å². The van der Waals surface area contributed by atoms with Crippen LogP contribution in [0, 0.1) is 0 Å². The van der Waals surface area contributed by atoms with Gasteiger partial charge in [-0.25, -0.2) is 0 Å². The summed E-state index contributed by atoms with van der Waals surface area (Å²) in [5.74, 6) is 0. The largest absolute Gasteiger partial charge is 0.391 e. The Morgan fingerprint density at radius 3 is 2.07 bits per heavy atom. The van der Waals surface area contributed by atoms with Crippen molar-refractivity contribution in [3.8, 4) is 0 Å². The van der Waals surface area contributed by atoms with E-state index in [2.05, 4.69) is 8.37 Å². The Hall–Kier alpha value is -0.600. The summed E-state index contributed by atoms with van der Waals surface area (Å²) in [6, 6.07) is 0. The molecule has 0 unspecified atom stereocenters. The highest BCUT2D eigenvalue weighted by molar-refractivity contribution is 7.86. The van der Waals surface area contributed by atoms with E-state index in [1.807, 2.05) is 0 Å². The Kier molecular flexibility index (Phi) is 5.09. The second-order valence-electron chi connectivity index (χ2n) is 2.49. The summed E-state index contributed by atoms with van der Waals surface area (Å²) in [6.45, 7) is -0.0392. The van der Waals surface area contributed by atoms with Crippen LogP contribution in [0.1, 0.15) is 6.42 Å². The van der Waals surface area contributed by atoms with Crippen molar-refractivity contribution in [3.63, 3.8) is 0 Å². The third kappa shape index (κ3) is 11.4. The zero-order valence-electron chi connectivity index (χ0n) is 7.83. The van der Waals surface area contributed by atoms with Crippen molar-refractivity contribution in [1.29, 1.82) is 0 Å². The van der Waals surface area contributed by atoms with Gasteiger partial charge in [0.1, 0.15) is 6.26 Å². The van der Waals surface area contributed by atoms with E-state index in [4.69, 9.17) is 0 Å². The average Bonchev–Trinajstić information content (AvgIpc) is 1.92. The fraction of sp³-hybridized carbons (Fsp3) is 0.667. The van der Waals surface area contributed by atoms with Crippen LogP contribution >= 0.6 is 0 Å². The van der Waals surface area contributed by atoms with Crippen LogP contribution in [0.25, 0.3) is 0 Å². The van der Waals surface area contributed by atoms with Gasteiger partial charge in [0.15, 0.2) is 0 Å². The molecule has 0 N–H and O–H groups in total. The first-order valence-corrected chi connectivity index (χ1v) is 7.22. The van der Waals surface area contributed by atoms with Gasteiger partial charge in [0.25, 0.3) is 10.1 Å². The second kappa shape index (κ2) is 5.32. The minimum absolute atomic E-state index is 0.0392. The van der Waals surface area contributed by atoms with Crippen molar-refractivity contribution >= 4 is 20.2 Å². The van der Waals surface area contributed by atoms with Crippen LogP contribution in [0.5, 0.6) is 0 Å². The molecule has 0 aromatic rings. The number of hydrogen-bond donors (Lipinski definition) is 0. The molecule has 0 bridgehead atoms. The molecule has 0 atom stereocenters. The van der Waals surface area contributed by atoms with Crippen molar-refractivity contribution < 1.29 is 25.2 Å². The van der Waals surface area contributed by atoms with Gasteiger partial charge in [-0.15, -0.1) is 0 Å². The van der Waals surface area contributed by atoms with Gasteiger partial charge < -0.3 is 4.18 Å². The van der Waals surface area contributed by atoms with Gasteiger partial charge in [-0.3, -0.25) is 4.18 Å². The van der Waals surface area contributed by atoms with Crippen LogP contribution in [-0.4, -0.2) is 36.0 Å². The highest BCUT2D eigenvalue weighted by Crippen LogP contribution is 1.93. The summed E-state index contributed by atoms with van der Waals surface area (Å²) < 4.78 is 50.4. The third-order valence-electron chi connectivity index (χ3n) is 0.909. The minimum Gasteiger partial charge on any atom is -0.391 e. The van der Waals surface area contributed by atoms with Gasteiger partial charge in [0, 0.05) is 0 Å². The van der Waals surface area contributed by atoms with Crippen LogP contribution in [0.4, 0.5) is 0 Å². The molecule has 6 nitrogen and oxygen atoms in total. The molecule has 0 heterocycles. The Morgan fingerprint density at radius 2 is 1.64 bits per heavy atom. The van der Waals surface area contributed by atoms with Gasteiger partial charge in [0.2, 0.25) is 0 Å². The molecule has 0 saturated carbocycles. The highest BCUT2D eigenvalue weighted by Gasteiger charge is 1.99. The van der Waals surface area contributed by atoms with E-state index in [9.17, 15) is 16.8 Å². The van der Waals surface area contributed by atoms with Crippen molar-refractivity contribution in [2.75, 3.05) is 19.1 Å². The summed E-state index contributed by atoms with van der Waals surface area (Å²) >= 11 is 0. The molecule has 0 radical (unpaired) electrons. The lowest BCUT2D eigenvalue weighted by Gasteiger charge is -1.97. The quantitative estimate of drug-likeness (QED) is 0.366. The predicted octanol–water partition coefficient (Wildman–Crippen LogP) is -0.157. The molecule has 0 aliphatic carbocycles. The van der Waals surface area contributed by atoms with Gasteiger partial charge in [-0.05, 0) is 12.5 Å². The van der Waals surface area contributed by atoms with E-state index < -0.39 is 20.2 Å². The Labute approximate surface area is 83.8 Å². The Morgan fingerprint density at radius 1 is 1.07 bits per heavy atom. The minimum atomic E-state index is -3.49. The molecular formula is C6H12O6S2. The predicted molar refractivity (Wildman–Crippen MR) is 50.5 cm³/mol. The van der Waals surface area contributed by atoms with E-state index in [1.165, 1.54) is 6.08 Å². The summed E-state index contributed by atoms with van der Waals surface area (Å²) in [5, 5.41) is 0. The second-order valence-corrected chi connectivity index (χ2v) is 5.73. The van der Waals surface area contributed by atoms with Crippen LogP contribution < -0.4 is 0 Å². The molecular weight excluding hydrogens is 232 g/mol. The standard InChI is InChI=1S/C6H12O6S2/c1-13(7,8)11-5-3-4-6-12-14(2,9)10/h3,5H,4,6H2,1-2H3/b5-3-. The number of hydrogen-bond acceptors (Lipinski definition) is 6. The van der Waals surface area contributed by atoms with Crippen molar-refractivity contribution in [3.05, 3.63) is 12.3 Å². The van der Waals surface area contributed by atoms with Gasteiger partial charge in [-0.1, -0.05) is 0 Å². The fourth-order valence-electron chi connectivity index (χ4n) is 0.476. The first kappa shape index (κ1) is 13.4. The lowest BCUT2D eigenvalue weighted by Crippen LogP contribution is -2.03. The summed E-state index contributed by atoms with van der Waals surface area (Å²) in [5.41, 5.74) is 0. The molecule has 0 spiro atoms. The fourth-order valence-corrected chi connectivity index (χ4v) is 1.16.